The smallest absolute Gasteiger partial charge is 0.101 e. The molecule has 0 spiro atoms. The van der Waals surface area contributed by atoms with Crippen LogP contribution in [0.2, 0.25) is 0 Å². The highest BCUT2D eigenvalue weighted by molar-refractivity contribution is 6.07. The summed E-state index contributed by atoms with van der Waals surface area (Å²) in [5, 5.41) is 12.7. The molecular formula is C23H17N3. The van der Waals surface area contributed by atoms with Crippen molar-refractivity contribution < 1.29 is 0 Å². The molecule has 26 heavy (non-hydrogen) atoms. The van der Waals surface area contributed by atoms with Gasteiger partial charge in [-0.3, -0.25) is 0 Å². The van der Waals surface area contributed by atoms with E-state index in [0.717, 1.165) is 33.3 Å². The van der Waals surface area contributed by atoms with Crippen LogP contribution in [0.5, 0.6) is 0 Å². The monoisotopic (exact) mass is 335 g/mol. The summed E-state index contributed by atoms with van der Waals surface area (Å²) in [6, 6.07) is 27.1. The third kappa shape index (κ3) is 2.29. The Morgan fingerprint density at radius 2 is 1.19 bits per heavy atom. The largest absolute Gasteiger partial charge is 0.351 e. The van der Waals surface area contributed by atoms with Gasteiger partial charge in [0.25, 0.3) is 0 Å². The minimum Gasteiger partial charge on any atom is -0.351 e. The molecule has 3 heteroatoms. The SMILES string of the molecule is Cn1ccc2cc3c(-c4ccccc4)nnc(-c4ccccc4)c3cc21. The Morgan fingerprint density at radius 3 is 1.77 bits per heavy atom. The number of nitrogens with zero attached hydrogens (tertiary/aromatic N) is 3. The third-order valence-corrected chi connectivity index (χ3v) is 4.88. The highest BCUT2D eigenvalue weighted by atomic mass is 15.1. The molecular weight excluding hydrogens is 318 g/mol. The maximum absolute atomic E-state index is 4.62. The number of aryl methyl sites for hydroxylation is 1. The minimum atomic E-state index is 0.920. The molecule has 0 amide bonds. The lowest BCUT2D eigenvalue weighted by Crippen LogP contribution is -1.95. The summed E-state index contributed by atoms with van der Waals surface area (Å²) >= 11 is 0. The van der Waals surface area contributed by atoms with Gasteiger partial charge in [0.15, 0.2) is 0 Å². The van der Waals surface area contributed by atoms with Gasteiger partial charge in [-0.1, -0.05) is 60.7 Å². The topological polar surface area (TPSA) is 30.7 Å². The molecule has 0 radical (unpaired) electrons. The van der Waals surface area contributed by atoms with Crippen molar-refractivity contribution in [2.45, 2.75) is 0 Å². The number of hydrogen-bond donors (Lipinski definition) is 0. The molecule has 124 valence electrons. The second-order valence-corrected chi connectivity index (χ2v) is 6.51. The predicted octanol–water partition coefficient (Wildman–Crippen LogP) is 5.46. The summed E-state index contributed by atoms with van der Waals surface area (Å²) in [7, 11) is 2.07. The fourth-order valence-corrected chi connectivity index (χ4v) is 3.53. The lowest BCUT2D eigenvalue weighted by atomic mass is 9.99. The minimum absolute atomic E-state index is 0.920. The Morgan fingerprint density at radius 1 is 0.654 bits per heavy atom. The molecule has 0 N–H and O–H groups in total. The number of aromatic nitrogens is 3. The lowest BCUT2D eigenvalue weighted by Gasteiger charge is -2.11. The van der Waals surface area contributed by atoms with Crippen LogP contribution in [-0.2, 0) is 7.05 Å². The fraction of sp³-hybridized carbons (Fsp3) is 0.0435. The van der Waals surface area contributed by atoms with E-state index in [-0.39, 0.29) is 0 Å². The Bertz CT molecular complexity index is 1220. The summed E-state index contributed by atoms with van der Waals surface area (Å²) in [4.78, 5) is 0. The van der Waals surface area contributed by atoms with Crippen LogP contribution in [-0.4, -0.2) is 14.8 Å². The zero-order chi connectivity index (χ0) is 17.5. The Labute approximate surface area is 151 Å². The van der Waals surface area contributed by atoms with Crippen LogP contribution in [0.3, 0.4) is 0 Å². The van der Waals surface area contributed by atoms with Crippen LogP contribution in [0.15, 0.2) is 85.1 Å². The highest BCUT2D eigenvalue weighted by Crippen LogP contribution is 2.35. The molecule has 5 rings (SSSR count). The fourth-order valence-electron chi connectivity index (χ4n) is 3.53. The molecule has 0 bridgehead atoms. The molecule has 0 atom stereocenters. The molecule has 3 nitrogen and oxygen atoms in total. The van der Waals surface area contributed by atoms with Crippen molar-refractivity contribution in [2.24, 2.45) is 7.05 Å². The van der Waals surface area contributed by atoms with Gasteiger partial charge in [-0.15, -0.1) is 10.2 Å². The predicted molar refractivity (Wildman–Crippen MR) is 107 cm³/mol. The van der Waals surface area contributed by atoms with Crippen LogP contribution >= 0.6 is 0 Å². The molecule has 0 aliphatic heterocycles. The molecule has 0 saturated heterocycles. The van der Waals surface area contributed by atoms with Crippen LogP contribution in [0.1, 0.15) is 0 Å². The van der Waals surface area contributed by atoms with Gasteiger partial charge in [0.2, 0.25) is 0 Å². The quantitative estimate of drug-likeness (QED) is 0.429. The van der Waals surface area contributed by atoms with E-state index >= 15 is 0 Å². The van der Waals surface area contributed by atoms with Gasteiger partial charge in [-0.25, -0.2) is 0 Å². The third-order valence-electron chi connectivity index (χ3n) is 4.88. The normalized spacial score (nSPS) is 11.3. The number of benzene rings is 3. The Kier molecular flexibility index (Phi) is 3.32. The summed E-state index contributed by atoms with van der Waals surface area (Å²) in [5.41, 5.74) is 5.20. The van der Waals surface area contributed by atoms with Gasteiger partial charge >= 0.3 is 0 Å². The molecule has 0 aliphatic carbocycles. The number of fused-ring (bicyclic) bond motifs is 2. The maximum Gasteiger partial charge on any atom is 0.101 e. The van der Waals surface area contributed by atoms with Crippen LogP contribution in [0.4, 0.5) is 0 Å². The van der Waals surface area contributed by atoms with Gasteiger partial charge < -0.3 is 4.57 Å². The van der Waals surface area contributed by atoms with Crippen LogP contribution in [0, 0.1) is 0 Å². The Hall–Kier alpha value is -3.46. The average Bonchev–Trinajstić information content (AvgIpc) is 3.07. The van der Waals surface area contributed by atoms with Crippen molar-refractivity contribution in [3.05, 3.63) is 85.1 Å². The van der Waals surface area contributed by atoms with E-state index in [1.807, 2.05) is 36.4 Å². The standard InChI is InChI=1S/C23H17N3/c1-26-13-12-18-14-19-20(15-21(18)26)23(17-10-6-3-7-11-17)25-24-22(19)16-8-4-2-5-9-16/h2-15H,1H3. The summed E-state index contributed by atoms with van der Waals surface area (Å²) < 4.78 is 2.15. The van der Waals surface area contributed by atoms with Crippen molar-refractivity contribution in [3.63, 3.8) is 0 Å². The number of rotatable bonds is 2. The molecule has 2 aromatic heterocycles. The summed E-state index contributed by atoms with van der Waals surface area (Å²) in [6.07, 6.45) is 2.09. The first-order valence-electron chi connectivity index (χ1n) is 8.67. The van der Waals surface area contributed by atoms with Crippen LogP contribution < -0.4 is 0 Å². The van der Waals surface area contributed by atoms with E-state index in [2.05, 4.69) is 70.5 Å². The van der Waals surface area contributed by atoms with Gasteiger partial charge in [-0.2, -0.15) is 0 Å². The van der Waals surface area contributed by atoms with E-state index < -0.39 is 0 Å². The van der Waals surface area contributed by atoms with Gasteiger partial charge in [0, 0.05) is 46.0 Å². The maximum atomic E-state index is 4.62. The first kappa shape index (κ1) is 14.8. The highest BCUT2D eigenvalue weighted by Gasteiger charge is 2.14. The molecule has 0 fully saturated rings. The molecule has 3 aromatic carbocycles. The first-order valence-corrected chi connectivity index (χ1v) is 8.67. The molecule has 0 saturated carbocycles. The van der Waals surface area contributed by atoms with E-state index in [9.17, 15) is 0 Å². The summed E-state index contributed by atoms with van der Waals surface area (Å²) in [6.45, 7) is 0. The summed E-state index contributed by atoms with van der Waals surface area (Å²) in [5.74, 6) is 0. The van der Waals surface area contributed by atoms with E-state index in [1.54, 1.807) is 0 Å². The second-order valence-electron chi connectivity index (χ2n) is 6.51. The zero-order valence-electron chi connectivity index (χ0n) is 14.4. The average molecular weight is 335 g/mol. The van der Waals surface area contributed by atoms with Gasteiger partial charge in [0.1, 0.15) is 11.4 Å². The number of hydrogen-bond acceptors (Lipinski definition) is 2. The molecule has 0 unspecified atom stereocenters. The zero-order valence-corrected chi connectivity index (χ0v) is 14.4. The van der Waals surface area contributed by atoms with E-state index in [0.29, 0.717) is 0 Å². The van der Waals surface area contributed by atoms with Crippen molar-refractivity contribution in [1.82, 2.24) is 14.8 Å². The molecule has 5 aromatic rings. The van der Waals surface area contributed by atoms with Crippen molar-refractivity contribution in [1.29, 1.82) is 0 Å². The van der Waals surface area contributed by atoms with Crippen LogP contribution in [0.25, 0.3) is 44.2 Å². The van der Waals surface area contributed by atoms with Gasteiger partial charge in [-0.05, 0) is 18.2 Å². The Balaban J connectivity index is 1.90. The first-order chi connectivity index (χ1) is 12.8. The lowest BCUT2D eigenvalue weighted by molar-refractivity contribution is 0.970. The second kappa shape index (κ2) is 5.81. The molecule has 0 aliphatic rings. The van der Waals surface area contributed by atoms with E-state index in [4.69, 9.17) is 0 Å². The van der Waals surface area contributed by atoms with E-state index in [1.165, 1.54) is 10.9 Å². The van der Waals surface area contributed by atoms with Crippen molar-refractivity contribution in [2.75, 3.05) is 0 Å². The van der Waals surface area contributed by atoms with Crippen molar-refractivity contribution >= 4 is 21.7 Å². The van der Waals surface area contributed by atoms with Gasteiger partial charge in [0.05, 0.1) is 0 Å². The molecule has 2 heterocycles. The van der Waals surface area contributed by atoms with Crippen molar-refractivity contribution in [3.8, 4) is 22.5 Å².